The number of esters is 1. The summed E-state index contributed by atoms with van der Waals surface area (Å²) in [7, 11) is 1.30. The van der Waals surface area contributed by atoms with E-state index in [4.69, 9.17) is 9.47 Å². The molecule has 1 aliphatic rings. The lowest BCUT2D eigenvalue weighted by molar-refractivity contribution is -0.147. The summed E-state index contributed by atoms with van der Waals surface area (Å²) in [5.74, 6) is -0.468. The normalized spacial score (nSPS) is 18.1. The van der Waals surface area contributed by atoms with Crippen LogP contribution in [0.3, 0.4) is 0 Å². The van der Waals surface area contributed by atoms with Crippen LogP contribution in [0.2, 0.25) is 0 Å². The Morgan fingerprint density at radius 1 is 1.43 bits per heavy atom. The maximum Gasteiger partial charge on any atom is 0.411 e. The fourth-order valence-corrected chi connectivity index (χ4v) is 2.76. The van der Waals surface area contributed by atoms with Crippen LogP contribution in [0.1, 0.15) is 32.2 Å². The molecule has 0 saturated heterocycles. The van der Waals surface area contributed by atoms with Crippen molar-refractivity contribution >= 4 is 34.7 Å². The predicted octanol–water partition coefficient (Wildman–Crippen LogP) is 1.85. The molecular formula is C13H18IN3O4. The highest BCUT2D eigenvalue weighted by Crippen LogP contribution is 2.25. The number of hydrogen-bond acceptors (Lipinski definition) is 5. The number of carbonyl (C=O) groups excluding carboxylic acids is 2. The Bertz CT molecular complexity index is 564. The molecule has 2 rings (SSSR count). The van der Waals surface area contributed by atoms with Gasteiger partial charge in [-0.3, -0.25) is 4.90 Å². The van der Waals surface area contributed by atoms with E-state index in [0.717, 1.165) is 15.2 Å². The summed E-state index contributed by atoms with van der Waals surface area (Å²) in [6.45, 7) is 5.60. The van der Waals surface area contributed by atoms with Crippen LogP contribution in [0.4, 0.5) is 4.79 Å². The van der Waals surface area contributed by atoms with Crippen molar-refractivity contribution in [2.75, 3.05) is 7.11 Å². The number of aromatic amines is 1. The molecular weight excluding hydrogens is 389 g/mol. The van der Waals surface area contributed by atoms with Gasteiger partial charge in [-0.05, 0) is 43.4 Å². The van der Waals surface area contributed by atoms with Gasteiger partial charge in [0.05, 0.1) is 25.0 Å². The molecule has 0 bridgehead atoms. The number of nitrogens with one attached hydrogen (secondary N) is 1. The van der Waals surface area contributed by atoms with Crippen LogP contribution in [-0.4, -0.2) is 45.7 Å². The first kappa shape index (κ1) is 16.1. The molecule has 0 unspecified atom stereocenters. The van der Waals surface area contributed by atoms with Crippen LogP contribution < -0.4 is 0 Å². The van der Waals surface area contributed by atoms with Crippen LogP contribution in [0.5, 0.6) is 0 Å². The Hall–Kier alpha value is -1.32. The molecule has 8 heteroatoms. The van der Waals surface area contributed by atoms with Crippen LogP contribution in [-0.2, 0) is 27.2 Å². The minimum absolute atomic E-state index is 0.250. The molecule has 1 atom stereocenters. The van der Waals surface area contributed by atoms with Crippen molar-refractivity contribution in [3.05, 3.63) is 15.2 Å². The lowest BCUT2D eigenvalue weighted by Gasteiger charge is -2.34. The number of carbonyl (C=O) groups is 2. The van der Waals surface area contributed by atoms with Gasteiger partial charge in [0.2, 0.25) is 0 Å². The van der Waals surface area contributed by atoms with Crippen molar-refractivity contribution in [1.29, 1.82) is 0 Å². The van der Waals surface area contributed by atoms with Gasteiger partial charge >= 0.3 is 12.1 Å². The Kier molecular flexibility index (Phi) is 4.45. The summed E-state index contributed by atoms with van der Waals surface area (Å²) >= 11 is 2.06. The topological polar surface area (TPSA) is 84.5 Å². The third-order valence-electron chi connectivity index (χ3n) is 3.03. The summed E-state index contributed by atoms with van der Waals surface area (Å²) in [5, 5.41) is 0. The molecule has 116 valence electrons. The molecule has 1 aromatic heterocycles. The second-order valence-electron chi connectivity index (χ2n) is 5.80. The van der Waals surface area contributed by atoms with Crippen LogP contribution >= 0.6 is 22.6 Å². The largest absolute Gasteiger partial charge is 0.467 e. The van der Waals surface area contributed by atoms with E-state index in [1.165, 1.54) is 12.0 Å². The standard InChI is InChI=1S/C13H18IN3O4/c1-13(2,3)21-12(19)17-6-8-7(15-11(14)16-8)5-9(17)10(18)20-4/h9H,5-6H2,1-4H3,(H,15,16)/t9-/m0/s1. The number of aromatic nitrogens is 2. The van der Waals surface area contributed by atoms with Gasteiger partial charge < -0.3 is 14.5 Å². The number of rotatable bonds is 1. The van der Waals surface area contributed by atoms with E-state index in [9.17, 15) is 9.59 Å². The molecule has 0 spiro atoms. The van der Waals surface area contributed by atoms with Crippen molar-refractivity contribution in [2.24, 2.45) is 0 Å². The predicted molar refractivity (Wildman–Crippen MR) is 82.6 cm³/mol. The Balaban J connectivity index is 2.28. The highest BCUT2D eigenvalue weighted by Gasteiger charge is 2.39. The number of imidazole rings is 1. The summed E-state index contributed by atoms with van der Waals surface area (Å²) in [5.41, 5.74) is 0.987. The van der Waals surface area contributed by atoms with Gasteiger partial charge in [-0.1, -0.05) is 0 Å². The molecule has 0 radical (unpaired) electrons. The van der Waals surface area contributed by atoms with E-state index >= 15 is 0 Å². The molecule has 0 saturated carbocycles. The van der Waals surface area contributed by atoms with Gasteiger partial charge in [-0.25, -0.2) is 14.6 Å². The van der Waals surface area contributed by atoms with Crippen molar-refractivity contribution in [3.63, 3.8) is 0 Å². The SMILES string of the molecule is COC(=O)[C@@H]1Cc2nc(I)[nH]c2CN1C(=O)OC(C)(C)C. The first-order valence-electron chi connectivity index (χ1n) is 6.52. The first-order valence-corrected chi connectivity index (χ1v) is 7.60. The van der Waals surface area contributed by atoms with Crippen LogP contribution in [0.25, 0.3) is 0 Å². The summed E-state index contributed by atoms with van der Waals surface area (Å²) < 4.78 is 10.9. The van der Waals surface area contributed by atoms with Gasteiger partial charge in [-0.15, -0.1) is 0 Å². The molecule has 1 N–H and O–H groups in total. The maximum absolute atomic E-state index is 12.3. The minimum Gasteiger partial charge on any atom is -0.467 e. The van der Waals surface area contributed by atoms with Gasteiger partial charge in [0.1, 0.15) is 11.6 Å². The first-order chi connectivity index (χ1) is 9.71. The van der Waals surface area contributed by atoms with Gasteiger partial charge in [0.15, 0.2) is 3.83 Å². The lowest BCUT2D eigenvalue weighted by atomic mass is 10.0. The number of halogens is 1. The fourth-order valence-electron chi connectivity index (χ4n) is 2.14. The van der Waals surface area contributed by atoms with Crippen molar-refractivity contribution < 1.29 is 19.1 Å². The van der Waals surface area contributed by atoms with E-state index in [1.807, 2.05) is 0 Å². The van der Waals surface area contributed by atoms with E-state index in [0.29, 0.717) is 6.42 Å². The number of hydrogen-bond donors (Lipinski definition) is 1. The second-order valence-corrected chi connectivity index (χ2v) is 6.83. The van der Waals surface area contributed by atoms with Crippen molar-refractivity contribution in [3.8, 4) is 0 Å². The van der Waals surface area contributed by atoms with Gasteiger partial charge in [0.25, 0.3) is 0 Å². The molecule has 1 aromatic rings. The van der Waals surface area contributed by atoms with Crippen LogP contribution in [0.15, 0.2) is 0 Å². The third-order valence-corrected chi connectivity index (χ3v) is 3.54. The maximum atomic E-state index is 12.3. The number of nitrogens with zero attached hydrogens (tertiary/aromatic N) is 2. The number of methoxy groups -OCH3 is 1. The zero-order valence-corrected chi connectivity index (χ0v) is 14.6. The number of H-pyrrole nitrogens is 1. The summed E-state index contributed by atoms with van der Waals surface area (Å²) in [6, 6.07) is -0.712. The average Bonchev–Trinajstić information content (AvgIpc) is 2.73. The zero-order chi connectivity index (χ0) is 15.8. The molecule has 0 fully saturated rings. The van der Waals surface area contributed by atoms with E-state index in [-0.39, 0.29) is 6.54 Å². The third kappa shape index (κ3) is 3.66. The van der Waals surface area contributed by atoms with Crippen molar-refractivity contribution in [2.45, 2.75) is 45.4 Å². The Morgan fingerprint density at radius 2 is 2.10 bits per heavy atom. The van der Waals surface area contributed by atoms with Gasteiger partial charge in [-0.2, -0.15) is 0 Å². The summed E-state index contributed by atoms with van der Waals surface area (Å²) in [6.07, 6.45) is -0.214. The Morgan fingerprint density at radius 3 is 2.67 bits per heavy atom. The molecule has 1 amide bonds. The highest BCUT2D eigenvalue weighted by atomic mass is 127. The molecule has 0 aliphatic carbocycles. The molecule has 21 heavy (non-hydrogen) atoms. The number of fused-ring (bicyclic) bond motifs is 1. The molecule has 1 aliphatic heterocycles. The lowest BCUT2D eigenvalue weighted by Crippen LogP contribution is -2.50. The highest BCUT2D eigenvalue weighted by molar-refractivity contribution is 14.1. The Labute approximate surface area is 136 Å². The van der Waals surface area contributed by atoms with E-state index in [2.05, 4.69) is 32.6 Å². The van der Waals surface area contributed by atoms with E-state index in [1.54, 1.807) is 20.8 Å². The quantitative estimate of drug-likeness (QED) is 0.568. The number of ether oxygens (including phenoxy) is 2. The monoisotopic (exact) mass is 407 g/mol. The van der Waals surface area contributed by atoms with E-state index < -0.39 is 23.7 Å². The summed E-state index contributed by atoms with van der Waals surface area (Å²) in [4.78, 5) is 33.1. The van der Waals surface area contributed by atoms with Gasteiger partial charge in [0, 0.05) is 6.42 Å². The van der Waals surface area contributed by atoms with Crippen LogP contribution in [0, 0.1) is 3.83 Å². The average molecular weight is 407 g/mol. The second kappa shape index (κ2) is 5.82. The molecule has 7 nitrogen and oxygen atoms in total. The molecule has 2 heterocycles. The number of amides is 1. The fraction of sp³-hybridized carbons (Fsp3) is 0.615. The molecule has 0 aromatic carbocycles. The minimum atomic E-state index is -0.712. The van der Waals surface area contributed by atoms with Crippen molar-refractivity contribution in [1.82, 2.24) is 14.9 Å². The zero-order valence-electron chi connectivity index (χ0n) is 12.4. The smallest absolute Gasteiger partial charge is 0.411 e.